The van der Waals surface area contributed by atoms with Crippen LogP contribution in [0.3, 0.4) is 0 Å². The fourth-order valence-corrected chi connectivity index (χ4v) is 2.49. The first kappa shape index (κ1) is 6.66. The summed E-state index contributed by atoms with van der Waals surface area (Å²) in [6, 6.07) is 0. The zero-order valence-corrected chi connectivity index (χ0v) is 6.68. The highest BCUT2D eigenvalue weighted by atomic mass is 16.5. The molecular formula is C9H16O. The van der Waals surface area contributed by atoms with Crippen LogP contribution in [0.1, 0.15) is 32.6 Å². The quantitative estimate of drug-likeness (QED) is 0.542. The Morgan fingerprint density at radius 1 is 1.40 bits per heavy atom. The molecule has 0 aromatic heterocycles. The monoisotopic (exact) mass is 140 g/mol. The van der Waals surface area contributed by atoms with Crippen molar-refractivity contribution in [1.82, 2.24) is 0 Å². The van der Waals surface area contributed by atoms with E-state index >= 15 is 0 Å². The van der Waals surface area contributed by atoms with Crippen molar-refractivity contribution in [1.29, 1.82) is 0 Å². The number of rotatable bonds is 1. The van der Waals surface area contributed by atoms with Crippen molar-refractivity contribution >= 4 is 0 Å². The maximum atomic E-state index is 5.68. The van der Waals surface area contributed by atoms with Crippen molar-refractivity contribution in [3.8, 4) is 0 Å². The Morgan fingerprint density at radius 2 is 2.30 bits per heavy atom. The van der Waals surface area contributed by atoms with Gasteiger partial charge in [-0.15, -0.1) is 0 Å². The third-order valence-corrected chi connectivity index (χ3v) is 3.16. The van der Waals surface area contributed by atoms with E-state index in [4.69, 9.17) is 4.74 Å². The normalized spacial score (nSPS) is 45.9. The molecule has 58 valence electrons. The molecule has 10 heavy (non-hydrogen) atoms. The minimum absolute atomic E-state index is 0.657. The summed E-state index contributed by atoms with van der Waals surface area (Å²) in [5.41, 5.74) is 0. The fourth-order valence-electron chi connectivity index (χ4n) is 2.49. The second-order valence-corrected chi connectivity index (χ2v) is 3.63. The van der Waals surface area contributed by atoms with Gasteiger partial charge in [-0.1, -0.05) is 19.8 Å². The number of hydrogen-bond donors (Lipinski definition) is 0. The third kappa shape index (κ3) is 0.878. The fraction of sp³-hybridized carbons (Fsp3) is 1.00. The molecule has 0 aromatic rings. The lowest BCUT2D eigenvalue weighted by molar-refractivity contribution is 0.100. The molecule has 1 aliphatic carbocycles. The maximum Gasteiger partial charge on any atom is 0.0606 e. The van der Waals surface area contributed by atoms with E-state index < -0.39 is 0 Å². The molecule has 2 aliphatic rings. The van der Waals surface area contributed by atoms with Crippen LogP contribution in [-0.4, -0.2) is 12.7 Å². The summed E-state index contributed by atoms with van der Waals surface area (Å²) in [4.78, 5) is 0. The van der Waals surface area contributed by atoms with Crippen LogP contribution in [0.5, 0.6) is 0 Å². The average molecular weight is 140 g/mol. The van der Waals surface area contributed by atoms with Gasteiger partial charge in [-0.2, -0.15) is 0 Å². The van der Waals surface area contributed by atoms with Gasteiger partial charge in [0.2, 0.25) is 0 Å². The Bertz CT molecular complexity index is 122. The molecule has 0 bridgehead atoms. The molecule has 0 radical (unpaired) electrons. The van der Waals surface area contributed by atoms with E-state index in [2.05, 4.69) is 6.92 Å². The van der Waals surface area contributed by atoms with Crippen molar-refractivity contribution in [2.45, 2.75) is 38.7 Å². The summed E-state index contributed by atoms with van der Waals surface area (Å²) in [7, 11) is 0. The van der Waals surface area contributed by atoms with Crippen LogP contribution in [-0.2, 0) is 4.74 Å². The van der Waals surface area contributed by atoms with Gasteiger partial charge in [0.15, 0.2) is 0 Å². The van der Waals surface area contributed by atoms with Gasteiger partial charge in [-0.3, -0.25) is 0 Å². The molecule has 0 N–H and O–H groups in total. The van der Waals surface area contributed by atoms with Gasteiger partial charge >= 0.3 is 0 Å². The predicted molar refractivity (Wildman–Crippen MR) is 40.9 cm³/mol. The van der Waals surface area contributed by atoms with Crippen molar-refractivity contribution in [2.75, 3.05) is 6.61 Å². The van der Waals surface area contributed by atoms with Crippen LogP contribution >= 0.6 is 0 Å². The Kier molecular flexibility index (Phi) is 1.69. The van der Waals surface area contributed by atoms with Gasteiger partial charge in [-0.25, -0.2) is 0 Å². The molecule has 0 spiro atoms. The van der Waals surface area contributed by atoms with Crippen LogP contribution in [0.2, 0.25) is 0 Å². The van der Waals surface area contributed by atoms with Crippen LogP contribution in [0.4, 0.5) is 0 Å². The SMILES string of the molecule is CCC1COC2CCCC12. The molecule has 1 nitrogen and oxygen atoms in total. The molecule has 1 saturated heterocycles. The molecule has 1 aliphatic heterocycles. The van der Waals surface area contributed by atoms with Crippen LogP contribution in [0.15, 0.2) is 0 Å². The van der Waals surface area contributed by atoms with Gasteiger partial charge in [0.1, 0.15) is 0 Å². The highest BCUT2D eigenvalue weighted by molar-refractivity contribution is 4.87. The summed E-state index contributed by atoms with van der Waals surface area (Å²) in [6.07, 6.45) is 6.15. The molecule has 2 fully saturated rings. The minimum atomic E-state index is 0.657. The van der Waals surface area contributed by atoms with E-state index in [0.29, 0.717) is 6.10 Å². The Balaban J connectivity index is 2.01. The van der Waals surface area contributed by atoms with E-state index in [0.717, 1.165) is 18.4 Å². The molecule has 0 aromatic carbocycles. The Morgan fingerprint density at radius 3 is 3.10 bits per heavy atom. The second kappa shape index (κ2) is 2.54. The van der Waals surface area contributed by atoms with Crippen LogP contribution < -0.4 is 0 Å². The van der Waals surface area contributed by atoms with Crippen molar-refractivity contribution in [2.24, 2.45) is 11.8 Å². The van der Waals surface area contributed by atoms with E-state index in [1.807, 2.05) is 0 Å². The summed E-state index contributed by atoms with van der Waals surface area (Å²) in [5.74, 6) is 1.83. The van der Waals surface area contributed by atoms with Crippen molar-refractivity contribution in [3.05, 3.63) is 0 Å². The number of fused-ring (bicyclic) bond motifs is 1. The highest BCUT2D eigenvalue weighted by Crippen LogP contribution is 2.40. The standard InChI is InChI=1S/C9H16O/c1-2-7-6-10-9-5-3-4-8(7)9/h7-9H,2-6H2,1H3. The van der Waals surface area contributed by atoms with E-state index in [9.17, 15) is 0 Å². The number of ether oxygens (including phenoxy) is 1. The molecule has 3 atom stereocenters. The first-order valence-corrected chi connectivity index (χ1v) is 4.53. The van der Waals surface area contributed by atoms with Gasteiger partial charge < -0.3 is 4.74 Å². The van der Waals surface area contributed by atoms with E-state index in [-0.39, 0.29) is 0 Å². The average Bonchev–Trinajstić information content (AvgIpc) is 2.44. The van der Waals surface area contributed by atoms with Gasteiger partial charge in [0, 0.05) is 0 Å². The lowest BCUT2D eigenvalue weighted by atomic mass is 9.91. The summed E-state index contributed by atoms with van der Waals surface area (Å²) in [6.45, 7) is 3.33. The summed E-state index contributed by atoms with van der Waals surface area (Å²) >= 11 is 0. The molecule has 1 saturated carbocycles. The molecule has 1 heteroatoms. The smallest absolute Gasteiger partial charge is 0.0606 e. The molecule has 3 unspecified atom stereocenters. The Hall–Kier alpha value is -0.0400. The van der Waals surface area contributed by atoms with Gasteiger partial charge in [0.05, 0.1) is 12.7 Å². The molecular weight excluding hydrogens is 124 g/mol. The van der Waals surface area contributed by atoms with Gasteiger partial charge in [0.25, 0.3) is 0 Å². The number of hydrogen-bond acceptors (Lipinski definition) is 1. The van der Waals surface area contributed by atoms with Crippen LogP contribution in [0, 0.1) is 11.8 Å². The lowest BCUT2D eigenvalue weighted by Crippen LogP contribution is -2.12. The molecule has 0 amide bonds. The maximum absolute atomic E-state index is 5.68. The van der Waals surface area contributed by atoms with Gasteiger partial charge in [-0.05, 0) is 24.7 Å². The minimum Gasteiger partial charge on any atom is -0.378 e. The first-order chi connectivity index (χ1) is 4.92. The molecule has 1 heterocycles. The summed E-state index contributed by atoms with van der Waals surface area (Å²) in [5, 5.41) is 0. The zero-order chi connectivity index (χ0) is 6.97. The first-order valence-electron chi connectivity index (χ1n) is 4.53. The largest absolute Gasteiger partial charge is 0.378 e. The van der Waals surface area contributed by atoms with Crippen molar-refractivity contribution in [3.63, 3.8) is 0 Å². The molecule has 2 rings (SSSR count). The van der Waals surface area contributed by atoms with E-state index in [1.54, 1.807) is 0 Å². The summed E-state index contributed by atoms with van der Waals surface area (Å²) < 4.78 is 5.68. The lowest BCUT2D eigenvalue weighted by Gasteiger charge is -2.12. The van der Waals surface area contributed by atoms with Crippen molar-refractivity contribution < 1.29 is 4.74 Å². The van der Waals surface area contributed by atoms with Crippen LogP contribution in [0.25, 0.3) is 0 Å². The topological polar surface area (TPSA) is 9.23 Å². The zero-order valence-electron chi connectivity index (χ0n) is 6.68. The predicted octanol–water partition coefficient (Wildman–Crippen LogP) is 2.21. The third-order valence-electron chi connectivity index (χ3n) is 3.16. The Labute approximate surface area is 62.8 Å². The van der Waals surface area contributed by atoms with E-state index in [1.165, 1.54) is 25.7 Å². The second-order valence-electron chi connectivity index (χ2n) is 3.63. The highest BCUT2D eigenvalue weighted by Gasteiger charge is 2.38.